The van der Waals surface area contributed by atoms with Crippen molar-refractivity contribution in [3.8, 4) is 0 Å². The first-order chi connectivity index (χ1) is 9.81. The minimum absolute atomic E-state index is 0.399. The van der Waals surface area contributed by atoms with Gasteiger partial charge in [0.1, 0.15) is 18.2 Å². The van der Waals surface area contributed by atoms with E-state index >= 15 is 0 Å². The van der Waals surface area contributed by atoms with Crippen LogP contribution in [0.4, 0.5) is 11.6 Å². The van der Waals surface area contributed by atoms with Gasteiger partial charge in [-0.2, -0.15) is 0 Å². The van der Waals surface area contributed by atoms with Gasteiger partial charge in [-0.3, -0.25) is 0 Å². The van der Waals surface area contributed by atoms with Crippen molar-refractivity contribution in [2.24, 2.45) is 0 Å². The van der Waals surface area contributed by atoms with Crippen molar-refractivity contribution in [3.63, 3.8) is 0 Å². The average molecular weight is 280 g/mol. The third-order valence-corrected chi connectivity index (χ3v) is 3.26. The van der Waals surface area contributed by atoms with Crippen molar-refractivity contribution in [2.75, 3.05) is 37.4 Å². The van der Waals surface area contributed by atoms with Gasteiger partial charge in [0.05, 0.1) is 6.10 Å². The van der Waals surface area contributed by atoms with E-state index in [2.05, 4.69) is 20.6 Å². The molecule has 1 atom stereocenters. The number of nitrogens with zero attached hydrogens (tertiary/aromatic N) is 2. The van der Waals surface area contributed by atoms with Gasteiger partial charge < -0.3 is 20.1 Å². The van der Waals surface area contributed by atoms with Gasteiger partial charge in [0.15, 0.2) is 5.82 Å². The van der Waals surface area contributed by atoms with Crippen LogP contribution in [0, 0.1) is 0 Å². The molecule has 1 aliphatic heterocycles. The van der Waals surface area contributed by atoms with E-state index < -0.39 is 0 Å². The zero-order chi connectivity index (χ0) is 14.2. The fourth-order valence-corrected chi connectivity index (χ4v) is 2.21. The van der Waals surface area contributed by atoms with Gasteiger partial charge in [-0.15, -0.1) is 0 Å². The van der Waals surface area contributed by atoms with Crippen LogP contribution in [-0.4, -0.2) is 42.9 Å². The molecular weight excluding hydrogens is 256 g/mol. The Kier molecular flexibility index (Phi) is 6.01. The van der Waals surface area contributed by atoms with Crippen LogP contribution >= 0.6 is 0 Å². The van der Waals surface area contributed by atoms with Gasteiger partial charge in [-0.25, -0.2) is 9.97 Å². The summed E-state index contributed by atoms with van der Waals surface area (Å²) in [5, 5.41) is 6.38. The summed E-state index contributed by atoms with van der Waals surface area (Å²) < 4.78 is 11.0. The first-order valence-electron chi connectivity index (χ1n) is 7.30. The van der Waals surface area contributed by atoms with Gasteiger partial charge >= 0.3 is 0 Å². The minimum atomic E-state index is 0.399. The Hall–Kier alpha value is -1.40. The van der Waals surface area contributed by atoms with Crippen molar-refractivity contribution in [3.05, 3.63) is 11.9 Å². The van der Waals surface area contributed by atoms with Crippen LogP contribution in [0.1, 0.15) is 32.0 Å². The second-order valence-corrected chi connectivity index (χ2v) is 4.79. The van der Waals surface area contributed by atoms with Crippen molar-refractivity contribution < 1.29 is 9.47 Å². The molecule has 2 N–H and O–H groups in total. The van der Waals surface area contributed by atoms with Gasteiger partial charge in [0.25, 0.3) is 0 Å². The Labute approximate surface area is 120 Å². The maximum absolute atomic E-state index is 5.61. The third kappa shape index (κ3) is 4.61. The number of hydrogen-bond acceptors (Lipinski definition) is 6. The van der Waals surface area contributed by atoms with Crippen LogP contribution in [0.2, 0.25) is 0 Å². The molecule has 0 aromatic carbocycles. The molecule has 1 fully saturated rings. The van der Waals surface area contributed by atoms with E-state index in [1.165, 1.54) is 12.8 Å². The molecule has 20 heavy (non-hydrogen) atoms. The fourth-order valence-electron chi connectivity index (χ4n) is 2.21. The summed E-state index contributed by atoms with van der Waals surface area (Å²) in [4.78, 5) is 8.82. The topological polar surface area (TPSA) is 68.3 Å². The number of ether oxygens (including phenoxy) is 2. The summed E-state index contributed by atoms with van der Waals surface area (Å²) in [5.74, 6) is 2.32. The maximum atomic E-state index is 5.61. The van der Waals surface area contributed by atoms with Gasteiger partial charge in [-0.1, -0.05) is 0 Å². The zero-order valence-electron chi connectivity index (χ0n) is 12.3. The van der Waals surface area contributed by atoms with E-state index in [-0.39, 0.29) is 0 Å². The molecule has 1 unspecified atom stereocenters. The Bertz CT molecular complexity index is 408. The predicted molar refractivity (Wildman–Crippen MR) is 79.0 cm³/mol. The Balaban J connectivity index is 1.87. The van der Waals surface area contributed by atoms with Gasteiger partial charge in [0.2, 0.25) is 0 Å². The molecule has 0 radical (unpaired) electrons. The fraction of sp³-hybridized carbons (Fsp3) is 0.714. The van der Waals surface area contributed by atoms with Crippen LogP contribution in [0.3, 0.4) is 0 Å². The summed E-state index contributed by atoms with van der Waals surface area (Å²) in [6.07, 6.45) is 3.76. The molecule has 2 heterocycles. The normalized spacial score (nSPS) is 18.2. The second kappa shape index (κ2) is 8.01. The average Bonchev–Trinajstić information content (AvgIpc) is 2.98. The molecule has 112 valence electrons. The largest absolute Gasteiger partial charge is 0.378 e. The molecule has 1 aliphatic rings. The molecular formula is C14H24N4O2. The van der Waals surface area contributed by atoms with Crippen molar-refractivity contribution in [2.45, 2.75) is 38.9 Å². The molecule has 2 rings (SSSR count). The van der Waals surface area contributed by atoms with Crippen LogP contribution < -0.4 is 10.6 Å². The smallest absolute Gasteiger partial charge is 0.158 e. The number of aromatic nitrogens is 2. The van der Waals surface area contributed by atoms with Crippen LogP contribution in [-0.2, 0) is 16.1 Å². The lowest BCUT2D eigenvalue weighted by Crippen LogP contribution is -2.14. The number of rotatable bonds is 8. The van der Waals surface area contributed by atoms with Gasteiger partial charge in [0, 0.05) is 32.9 Å². The molecule has 1 saturated heterocycles. The predicted octanol–water partition coefficient (Wildman–Crippen LogP) is 2.04. The van der Waals surface area contributed by atoms with E-state index in [1.54, 1.807) is 0 Å². The summed E-state index contributed by atoms with van der Waals surface area (Å²) in [5.41, 5.74) is 0. The molecule has 1 aromatic heterocycles. The highest BCUT2D eigenvalue weighted by Crippen LogP contribution is 2.16. The van der Waals surface area contributed by atoms with E-state index in [4.69, 9.17) is 9.47 Å². The molecule has 0 spiro atoms. The maximum Gasteiger partial charge on any atom is 0.158 e. The second-order valence-electron chi connectivity index (χ2n) is 4.79. The quantitative estimate of drug-likeness (QED) is 0.759. The van der Waals surface area contributed by atoms with Crippen molar-refractivity contribution >= 4 is 11.6 Å². The lowest BCUT2D eigenvalue weighted by Gasteiger charge is -2.12. The lowest BCUT2D eigenvalue weighted by atomic mass is 10.2. The van der Waals surface area contributed by atoms with E-state index in [0.29, 0.717) is 25.1 Å². The summed E-state index contributed by atoms with van der Waals surface area (Å²) in [7, 11) is 1.85. The number of anilines is 2. The minimum Gasteiger partial charge on any atom is -0.378 e. The third-order valence-electron chi connectivity index (χ3n) is 3.26. The molecule has 1 aromatic rings. The molecule has 0 saturated carbocycles. The molecule has 6 heteroatoms. The summed E-state index contributed by atoms with van der Waals surface area (Å²) >= 11 is 0. The Morgan fingerprint density at radius 2 is 2.25 bits per heavy atom. The van der Waals surface area contributed by atoms with Gasteiger partial charge in [-0.05, 0) is 26.2 Å². The van der Waals surface area contributed by atoms with Crippen LogP contribution in [0.5, 0.6) is 0 Å². The highest BCUT2D eigenvalue weighted by Gasteiger charge is 2.14. The van der Waals surface area contributed by atoms with Crippen LogP contribution in [0.15, 0.2) is 6.07 Å². The molecule has 0 amide bonds. The summed E-state index contributed by atoms with van der Waals surface area (Å²) in [6.45, 7) is 4.82. The SMILES string of the molecule is CCOCc1nc(NC)cc(NCCC2CCCO2)n1. The zero-order valence-corrected chi connectivity index (χ0v) is 12.3. The van der Waals surface area contributed by atoms with E-state index in [1.807, 2.05) is 20.0 Å². The lowest BCUT2D eigenvalue weighted by molar-refractivity contribution is 0.107. The Morgan fingerprint density at radius 1 is 1.40 bits per heavy atom. The monoisotopic (exact) mass is 280 g/mol. The van der Waals surface area contributed by atoms with E-state index in [9.17, 15) is 0 Å². The number of hydrogen-bond donors (Lipinski definition) is 2. The highest BCUT2D eigenvalue weighted by atomic mass is 16.5. The van der Waals surface area contributed by atoms with Crippen molar-refractivity contribution in [1.29, 1.82) is 0 Å². The first kappa shape index (κ1) is 15.0. The summed E-state index contributed by atoms with van der Waals surface area (Å²) in [6, 6.07) is 1.91. The standard InChI is InChI=1S/C14H24N4O2/c1-3-19-10-14-17-12(15-2)9-13(18-14)16-7-6-11-5-4-8-20-11/h9,11H,3-8,10H2,1-2H3,(H2,15,16,17,18). The highest BCUT2D eigenvalue weighted by molar-refractivity contribution is 5.47. The van der Waals surface area contributed by atoms with Crippen molar-refractivity contribution in [1.82, 2.24) is 9.97 Å². The van der Waals surface area contributed by atoms with Crippen LogP contribution in [0.25, 0.3) is 0 Å². The first-order valence-corrected chi connectivity index (χ1v) is 7.30. The number of nitrogens with one attached hydrogen (secondary N) is 2. The molecule has 0 aliphatic carbocycles. The Morgan fingerprint density at radius 3 is 2.95 bits per heavy atom. The van der Waals surface area contributed by atoms with E-state index in [0.717, 1.165) is 31.2 Å². The molecule has 0 bridgehead atoms. The molecule has 6 nitrogen and oxygen atoms in total.